The van der Waals surface area contributed by atoms with Crippen LogP contribution in [-0.2, 0) is 15.5 Å². The number of ether oxygens (including phenoxy) is 1. The Morgan fingerprint density at radius 1 is 1.59 bits per heavy atom. The molecule has 6 heteroatoms. The maximum Gasteiger partial charge on any atom is 0.382 e. The topological polar surface area (TPSA) is 50.1 Å². The fourth-order valence-corrected chi connectivity index (χ4v) is 1.39. The number of benzene rings is 1. The molecule has 0 bridgehead atoms. The second-order valence-corrected chi connectivity index (χ2v) is 3.53. The molecule has 0 N–H and O–H groups in total. The van der Waals surface area contributed by atoms with Crippen LogP contribution in [0, 0.1) is 11.3 Å². The molecule has 0 atom stereocenters. The van der Waals surface area contributed by atoms with Gasteiger partial charge in [0, 0.05) is 5.02 Å². The Kier molecular flexibility index (Phi) is 4.02. The molecule has 3 nitrogen and oxygen atoms in total. The first kappa shape index (κ1) is 13.4. The minimum atomic E-state index is -3.86. The Morgan fingerprint density at radius 2 is 2.24 bits per heavy atom. The Balaban J connectivity index is 3.24. The average molecular weight is 260 g/mol. The summed E-state index contributed by atoms with van der Waals surface area (Å²) < 4.78 is 31.6. The zero-order chi connectivity index (χ0) is 13.1. The quantitative estimate of drug-likeness (QED) is 0.784. The summed E-state index contributed by atoms with van der Waals surface area (Å²) in [4.78, 5) is 11.1. The largest absolute Gasteiger partial charge is 0.461 e. The van der Waals surface area contributed by atoms with Crippen LogP contribution in [0.15, 0.2) is 18.2 Å². The number of hydrogen-bond donors (Lipinski definition) is 0. The number of esters is 1. The van der Waals surface area contributed by atoms with Gasteiger partial charge >= 0.3 is 11.9 Å². The maximum absolute atomic E-state index is 13.6. The molecule has 0 aliphatic rings. The van der Waals surface area contributed by atoms with Gasteiger partial charge in [-0.25, -0.2) is 4.79 Å². The molecule has 90 valence electrons. The van der Waals surface area contributed by atoms with Gasteiger partial charge in [-0.1, -0.05) is 11.6 Å². The summed E-state index contributed by atoms with van der Waals surface area (Å²) in [6.45, 7) is 1.25. The van der Waals surface area contributed by atoms with E-state index in [2.05, 4.69) is 4.74 Å². The predicted octanol–water partition coefficient (Wildman–Crippen LogP) is 2.87. The Bertz CT molecular complexity index is 483. The number of nitrogens with zero attached hydrogens (tertiary/aromatic N) is 1. The average Bonchev–Trinajstić information content (AvgIpc) is 2.28. The summed E-state index contributed by atoms with van der Waals surface area (Å²) in [6.07, 6.45) is 0. The van der Waals surface area contributed by atoms with E-state index in [9.17, 15) is 13.6 Å². The lowest BCUT2D eigenvalue weighted by Gasteiger charge is -2.16. The molecule has 0 radical (unpaired) electrons. The first-order chi connectivity index (χ1) is 7.93. The lowest BCUT2D eigenvalue weighted by molar-refractivity contribution is -0.173. The van der Waals surface area contributed by atoms with E-state index in [1.54, 1.807) is 6.07 Å². The van der Waals surface area contributed by atoms with Gasteiger partial charge in [-0.3, -0.25) is 0 Å². The molecule has 0 unspecified atom stereocenters. The molecule has 1 aromatic carbocycles. The molecule has 1 rings (SSSR count). The normalized spacial score (nSPS) is 10.8. The van der Waals surface area contributed by atoms with Crippen LogP contribution < -0.4 is 0 Å². The Morgan fingerprint density at radius 3 is 2.76 bits per heavy atom. The minimum absolute atomic E-state index is 0.143. The third kappa shape index (κ3) is 2.71. The highest BCUT2D eigenvalue weighted by Gasteiger charge is 2.44. The molecule has 0 saturated heterocycles. The van der Waals surface area contributed by atoms with E-state index in [1.165, 1.54) is 13.0 Å². The van der Waals surface area contributed by atoms with Crippen molar-refractivity contribution in [2.45, 2.75) is 12.8 Å². The number of rotatable bonds is 3. The van der Waals surface area contributed by atoms with Crippen molar-refractivity contribution in [2.75, 3.05) is 6.61 Å². The van der Waals surface area contributed by atoms with Crippen molar-refractivity contribution in [2.24, 2.45) is 0 Å². The van der Waals surface area contributed by atoms with E-state index in [1.807, 2.05) is 0 Å². The van der Waals surface area contributed by atoms with E-state index in [-0.39, 0.29) is 17.2 Å². The Labute approximate surface area is 102 Å². The summed E-state index contributed by atoms with van der Waals surface area (Å²) in [5.74, 6) is -5.54. The SMILES string of the molecule is CCOC(=O)C(F)(F)c1ccc(Cl)cc1C#N. The third-order valence-corrected chi connectivity index (χ3v) is 2.21. The molecule has 0 spiro atoms. The van der Waals surface area contributed by atoms with Gasteiger partial charge < -0.3 is 4.74 Å². The lowest BCUT2D eigenvalue weighted by Crippen LogP contribution is -2.29. The van der Waals surface area contributed by atoms with Crippen LogP contribution >= 0.6 is 11.6 Å². The predicted molar refractivity (Wildman–Crippen MR) is 56.7 cm³/mol. The van der Waals surface area contributed by atoms with E-state index in [0.29, 0.717) is 0 Å². The standard InChI is InChI=1S/C11H8ClF2NO2/c1-2-17-10(16)11(13,14)9-4-3-8(12)5-7(9)6-15/h3-5H,2H2,1H3. The second-order valence-electron chi connectivity index (χ2n) is 3.10. The molecule has 0 heterocycles. The first-order valence-electron chi connectivity index (χ1n) is 4.68. The summed E-state index contributed by atoms with van der Waals surface area (Å²) in [6, 6.07) is 4.77. The first-order valence-corrected chi connectivity index (χ1v) is 5.06. The molecule has 0 aromatic heterocycles. The van der Waals surface area contributed by atoms with E-state index in [0.717, 1.165) is 12.1 Å². The molecular weight excluding hydrogens is 252 g/mol. The van der Waals surface area contributed by atoms with Crippen LogP contribution in [0.3, 0.4) is 0 Å². The van der Waals surface area contributed by atoms with Crippen molar-refractivity contribution in [1.82, 2.24) is 0 Å². The molecule has 0 saturated carbocycles. The highest BCUT2D eigenvalue weighted by Crippen LogP contribution is 2.33. The van der Waals surface area contributed by atoms with E-state index < -0.39 is 17.5 Å². The van der Waals surface area contributed by atoms with Crippen LogP contribution in [0.4, 0.5) is 8.78 Å². The van der Waals surface area contributed by atoms with Gasteiger partial charge in [0.1, 0.15) is 0 Å². The van der Waals surface area contributed by atoms with Gasteiger partial charge in [0.15, 0.2) is 0 Å². The van der Waals surface area contributed by atoms with Crippen molar-refractivity contribution >= 4 is 17.6 Å². The number of nitriles is 1. The van der Waals surface area contributed by atoms with Crippen molar-refractivity contribution in [3.8, 4) is 6.07 Å². The van der Waals surface area contributed by atoms with Crippen LogP contribution in [0.1, 0.15) is 18.1 Å². The van der Waals surface area contributed by atoms with Crippen molar-refractivity contribution in [3.63, 3.8) is 0 Å². The van der Waals surface area contributed by atoms with Gasteiger partial charge in [-0.15, -0.1) is 0 Å². The zero-order valence-electron chi connectivity index (χ0n) is 8.84. The summed E-state index contributed by atoms with van der Waals surface area (Å²) in [5.41, 5.74) is -1.06. The monoisotopic (exact) mass is 259 g/mol. The highest BCUT2D eigenvalue weighted by molar-refractivity contribution is 6.30. The van der Waals surface area contributed by atoms with Gasteiger partial charge in [-0.2, -0.15) is 14.0 Å². The molecule has 1 aromatic rings. The zero-order valence-corrected chi connectivity index (χ0v) is 9.59. The van der Waals surface area contributed by atoms with Crippen molar-refractivity contribution < 1.29 is 18.3 Å². The molecular formula is C11H8ClF2NO2. The third-order valence-electron chi connectivity index (χ3n) is 1.97. The lowest BCUT2D eigenvalue weighted by atomic mass is 10.0. The molecule has 0 amide bonds. The van der Waals surface area contributed by atoms with Gasteiger partial charge in [0.05, 0.1) is 23.8 Å². The number of hydrogen-bond acceptors (Lipinski definition) is 3. The van der Waals surface area contributed by atoms with Gasteiger partial charge in [0.25, 0.3) is 0 Å². The van der Waals surface area contributed by atoms with Crippen LogP contribution in [-0.4, -0.2) is 12.6 Å². The summed E-state index contributed by atoms with van der Waals surface area (Å²) in [7, 11) is 0. The maximum atomic E-state index is 13.6. The fraction of sp³-hybridized carbons (Fsp3) is 0.273. The Hall–Kier alpha value is -1.67. The van der Waals surface area contributed by atoms with E-state index in [4.69, 9.17) is 16.9 Å². The summed E-state index contributed by atoms with van der Waals surface area (Å²) >= 11 is 5.57. The number of carbonyl (C=O) groups is 1. The molecule has 0 aliphatic heterocycles. The molecule has 0 fully saturated rings. The smallest absolute Gasteiger partial charge is 0.382 e. The number of halogens is 3. The minimum Gasteiger partial charge on any atom is -0.461 e. The molecule has 17 heavy (non-hydrogen) atoms. The molecule has 0 aliphatic carbocycles. The van der Waals surface area contributed by atoms with Gasteiger partial charge in [-0.05, 0) is 25.1 Å². The number of alkyl halides is 2. The van der Waals surface area contributed by atoms with Gasteiger partial charge in [0.2, 0.25) is 0 Å². The van der Waals surface area contributed by atoms with Crippen LogP contribution in [0.25, 0.3) is 0 Å². The van der Waals surface area contributed by atoms with E-state index >= 15 is 0 Å². The summed E-state index contributed by atoms with van der Waals surface area (Å²) in [5, 5.41) is 8.87. The second kappa shape index (κ2) is 5.11. The van der Waals surface area contributed by atoms with Crippen molar-refractivity contribution in [3.05, 3.63) is 34.3 Å². The fourth-order valence-electron chi connectivity index (χ4n) is 1.21. The van der Waals surface area contributed by atoms with Crippen LogP contribution in [0.2, 0.25) is 5.02 Å². The number of carbonyl (C=O) groups excluding carboxylic acids is 1. The van der Waals surface area contributed by atoms with Crippen LogP contribution in [0.5, 0.6) is 0 Å². The highest BCUT2D eigenvalue weighted by atomic mass is 35.5. The van der Waals surface area contributed by atoms with Crippen molar-refractivity contribution in [1.29, 1.82) is 5.26 Å².